The third-order valence-corrected chi connectivity index (χ3v) is 20.3. The van der Waals surface area contributed by atoms with Gasteiger partial charge in [0.05, 0.1) is 0 Å². The van der Waals surface area contributed by atoms with E-state index in [1.165, 1.54) is 0 Å². The van der Waals surface area contributed by atoms with Gasteiger partial charge in [-0.25, -0.2) is 0 Å². The fraction of sp³-hybridized carbons (Fsp3) is 1.00. The molecule has 0 heterocycles. The summed E-state index contributed by atoms with van der Waals surface area (Å²) in [7, 11) is -52.4. The summed E-state index contributed by atoms with van der Waals surface area (Å²) in [5, 5.41) is 0. The molecule has 0 aromatic heterocycles. The van der Waals surface area contributed by atoms with Crippen LogP contribution in [-0.4, -0.2) is 166 Å². The van der Waals surface area contributed by atoms with Crippen molar-refractivity contribution in [2.24, 2.45) is 0 Å². The molecule has 41 heavy (non-hydrogen) atoms. The molecule has 0 bridgehead atoms. The zero-order valence-corrected chi connectivity index (χ0v) is 29.8. The molecule has 0 spiro atoms. The second kappa shape index (κ2) is 14.1. The van der Waals surface area contributed by atoms with E-state index in [9.17, 15) is 115 Å². The molecule has 0 saturated carbocycles. The average Bonchev–Trinajstić information content (AvgIpc) is 2.50. The van der Waals surface area contributed by atoms with E-state index in [0.29, 0.717) is 0 Å². The first-order chi connectivity index (χ1) is 17.4. The Bertz CT molecular complexity index is 1150. The Balaban J connectivity index is 8.05. The molecule has 0 radical (unpaired) electrons. The number of hydrogen-bond donors (Lipinski definition) is 16. The molecule has 1 atom stereocenters. The molecule has 0 amide bonds. The van der Waals surface area contributed by atoms with Gasteiger partial charge in [-0.1, -0.05) is 0 Å². The minimum atomic E-state index is -6.55. The first-order valence-electron chi connectivity index (χ1n) is 9.32. The average molecular weight is 794 g/mol. The topological polar surface area (TPSA) is 467 Å². The number of rotatable bonds is 15. The van der Waals surface area contributed by atoms with Crippen molar-refractivity contribution in [1.82, 2.24) is 9.80 Å². The van der Waals surface area contributed by atoms with Crippen LogP contribution < -0.4 is 0 Å². The summed E-state index contributed by atoms with van der Waals surface area (Å²) in [6.07, 6.45) is 0. The van der Waals surface area contributed by atoms with Crippen LogP contribution in [0.4, 0.5) is 0 Å². The summed E-state index contributed by atoms with van der Waals surface area (Å²) in [5.41, 5.74) is -15.9. The van der Waals surface area contributed by atoms with Gasteiger partial charge in [0.2, 0.25) is 0 Å². The van der Waals surface area contributed by atoms with Gasteiger partial charge >= 0.3 is 263 Å². The minimum absolute atomic E-state index is 0.955. The molecule has 0 aromatic rings. The third kappa shape index (κ3) is 12.7. The molecule has 16 N–H and O–H groups in total. The second-order valence-electron chi connectivity index (χ2n) is 8.09. The van der Waals surface area contributed by atoms with E-state index < -0.39 is 148 Å². The van der Waals surface area contributed by atoms with Gasteiger partial charge in [0.15, 0.2) is 0 Å². The Morgan fingerprint density at radius 3 is 0.707 bits per heavy atom. The van der Waals surface area contributed by atoms with Gasteiger partial charge < -0.3 is 0 Å². The van der Waals surface area contributed by atoms with Crippen LogP contribution >= 0.6 is 60.8 Å². The number of nitrogens with zero attached hydrogens (tertiary/aromatic N) is 2. The van der Waals surface area contributed by atoms with Gasteiger partial charge in [0, 0.05) is 0 Å². The van der Waals surface area contributed by atoms with Crippen LogP contribution in [0.1, 0.15) is 0 Å². The molecule has 0 aliphatic carbocycles. The van der Waals surface area contributed by atoms with Crippen molar-refractivity contribution >= 4 is 110 Å². The molecule has 0 fully saturated rings. The van der Waals surface area contributed by atoms with E-state index in [-0.39, 0.29) is 0 Å². The maximum absolute atomic E-state index is 12.0. The molecule has 0 rings (SSSR count). The van der Waals surface area contributed by atoms with Crippen LogP contribution in [0.3, 0.4) is 0 Å². The molecule has 0 aliphatic rings. The zero-order chi connectivity index (χ0) is 33.7. The van der Waals surface area contributed by atoms with E-state index in [1.54, 1.807) is 0 Å². The van der Waals surface area contributed by atoms with Crippen LogP contribution in [0.25, 0.3) is 0 Å². The van der Waals surface area contributed by atoms with Crippen LogP contribution in [0, 0.1) is 0 Å². The molecule has 0 saturated heterocycles. The van der Waals surface area contributed by atoms with E-state index in [0.717, 1.165) is 0 Å². The van der Waals surface area contributed by atoms with Crippen molar-refractivity contribution in [3.05, 3.63) is 0 Å². The Kier molecular flexibility index (Phi) is 15.0. The van der Waals surface area contributed by atoms with Gasteiger partial charge in [-0.3, -0.25) is 0 Å². The summed E-state index contributed by atoms with van der Waals surface area (Å²) in [6, 6.07) is 0. The van der Waals surface area contributed by atoms with Crippen molar-refractivity contribution in [2.45, 2.75) is 22.2 Å². The molecule has 242 valence electrons. The van der Waals surface area contributed by atoms with Crippen LogP contribution in [0.2, 0.25) is 0 Å². The van der Waals surface area contributed by atoms with Crippen molar-refractivity contribution < 1.29 is 115 Å². The predicted octanol–water partition coefficient (Wildman–Crippen LogP) is -4.36. The van der Waals surface area contributed by atoms with Gasteiger partial charge in [-0.2, -0.15) is 0 Å². The van der Waals surface area contributed by atoms with Gasteiger partial charge in [0.1, 0.15) is 0 Å². The molecule has 0 aliphatic heterocycles. The SMILES string of the molecule is O=P(O)(O)C(N(C[CH]([K])N(C(P(=O)(O)O)P(=O)(O)O)C(P(=O)(O)O)P(=O)(O)O)C(P(=O)(O)O)P(=O)(O)O)P(=O)(O)O. The van der Waals surface area contributed by atoms with E-state index >= 15 is 0 Å². The van der Waals surface area contributed by atoms with Gasteiger partial charge in [0.25, 0.3) is 0 Å². The van der Waals surface area contributed by atoms with Crippen molar-refractivity contribution in [1.29, 1.82) is 0 Å². The van der Waals surface area contributed by atoms with E-state index in [2.05, 4.69) is 0 Å². The first-order valence-corrected chi connectivity index (χ1v) is 24.6. The Morgan fingerprint density at radius 1 is 0.390 bits per heavy atom. The zero-order valence-electron chi connectivity index (χ0n) is 19.5. The molecule has 35 heteroatoms. The van der Waals surface area contributed by atoms with Crippen LogP contribution in [0.5, 0.6) is 0 Å². The Labute approximate surface area is 261 Å². The molecular formula is C6H23KN2O24P8. The Hall–Kier alpha value is 2.76. The number of hydrogen-bond acceptors (Lipinski definition) is 10. The van der Waals surface area contributed by atoms with Crippen molar-refractivity contribution in [3.8, 4) is 0 Å². The summed E-state index contributed by atoms with van der Waals surface area (Å²) >= 11 is -1.76. The molecular weight excluding hydrogens is 771 g/mol. The summed E-state index contributed by atoms with van der Waals surface area (Å²) in [5.74, 6) is 0. The van der Waals surface area contributed by atoms with Crippen molar-refractivity contribution in [2.75, 3.05) is 6.54 Å². The fourth-order valence-corrected chi connectivity index (χ4v) is 19.1. The van der Waals surface area contributed by atoms with E-state index in [4.69, 9.17) is 0 Å². The summed E-state index contributed by atoms with van der Waals surface area (Å²) < 4.78 is 93.3. The van der Waals surface area contributed by atoms with Crippen LogP contribution in [0.15, 0.2) is 0 Å². The van der Waals surface area contributed by atoms with E-state index in [1.807, 2.05) is 0 Å². The molecule has 0 aromatic carbocycles. The predicted molar refractivity (Wildman–Crippen MR) is 130 cm³/mol. The summed E-state index contributed by atoms with van der Waals surface area (Å²) in [4.78, 5) is 151. The van der Waals surface area contributed by atoms with Crippen molar-refractivity contribution in [3.63, 3.8) is 0 Å². The maximum atomic E-state index is 12.0. The summed E-state index contributed by atoms with van der Waals surface area (Å²) in [6.45, 7) is -2.20. The first kappa shape index (κ1) is 43.8. The monoisotopic (exact) mass is 794 g/mol. The second-order valence-corrected chi connectivity index (χ2v) is 25.1. The third-order valence-electron chi connectivity index (χ3n) is 4.52. The van der Waals surface area contributed by atoms with Crippen LogP contribution in [-0.2, 0) is 36.5 Å². The van der Waals surface area contributed by atoms with Gasteiger partial charge in [-0.15, -0.1) is 0 Å². The van der Waals surface area contributed by atoms with Gasteiger partial charge in [-0.05, 0) is 0 Å². The quantitative estimate of drug-likeness (QED) is 0.0550. The normalized spacial score (nSPS) is 16.6. The molecule has 1 unspecified atom stereocenters. The fourth-order valence-electron chi connectivity index (χ4n) is 3.53. The Morgan fingerprint density at radius 2 is 0.561 bits per heavy atom. The standard InChI is InChI=1S/C6H23N2O24P8.K/c9-33(10,11)3(34(12,13)14)7(4(35(15,16)17)36(18,19)20)1-2-8(5(37(21,22)23)38(24,25)26)6(39(27,28)29)40(30,31)32;/h1,3-6H,2H2,(H2,9,10,11)(H2,12,13,14)(H2,15,16,17)(H2,18,19,20)(H2,21,22,23)(H2,24,25,26)(H2,27,28,29)(H2,30,31,32);. The molecule has 26 nitrogen and oxygen atoms in total.